The Morgan fingerprint density at radius 1 is 1.47 bits per heavy atom. The second-order valence-corrected chi connectivity index (χ2v) is 8.85. The average molecular weight is 285 g/mol. The van der Waals surface area contributed by atoms with Gasteiger partial charge in [-0.1, -0.05) is 26.7 Å². The van der Waals surface area contributed by atoms with Crippen LogP contribution in [0.3, 0.4) is 0 Å². The van der Waals surface area contributed by atoms with E-state index in [1.165, 1.54) is 6.26 Å². The zero-order chi connectivity index (χ0) is 14.9. The molecule has 1 fully saturated rings. The van der Waals surface area contributed by atoms with E-state index in [0.717, 1.165) is 19.3 Å². The Labute approximate surface area is 118 Å². The molecule has 4 heteroatoms. The summed E-state index contributed by atoms with van der Waals surface area (Å²) in [7, 11) is -3.12. The molecule has 1 N–H and O–H groups in total. The summed E-state index contributed by atoms with van der Waals surface area (Å²) in [5, 5.41) is 0. The molecule has 0 bridgehead atoms. The summed E-state index contributed by atoms with van der Waals surface area (Å²) in [6, 6.07) is 0. The molecular weight excluding hydrogens is 258 g/mol. The van der Waals surface area contributed by atoms with Gasteiger partial charge in [-0.3, -0.25) is 0 Å². The Morgan fingerprint density at radius 2 is 2.05 bits per heavy atom. The topological polar surface area (TPSA) is 46.2 Å². The molecule has 0 aliphatic heterocycles. The van der Waals surface area contributed by atoms with E-state index in [1.807, 2.05) is 0 Å². The van der Waals surface area contributed by atoms with Crippen LogP contribution in [-0.2, 0) is 10.0 Å². The van der Waals surface area contributed by atoms with Crippen molar-refractivity contribution in [2.75, 3.05) is 12.8 Å². The van der Waals surface area contributed by atoms with E-state index < -0.39 is 10.0 Å². The van der Waals surface area contributed by atoms with Crippen molar-refractivity contribution in [3.8, 4) is 12.3 Å². The largest absolute Gasteiger partial charge is 0.215 e. The molecule has 110 valence electrons. The Bertz CT molecular complexity index is 461. The summed E-state index contributed by atoms with van der Waals surface area (Å²) in [6.07, 6.45) is 10.0. The van der Waals surface area contributed by atoms with Crippen LogP contribution in [0.25, 0.3) is 0 Å². The molecule has 1 aliphatic rings. The Balaban J connectivity index is 2.70. The first-order chi connectivity index (χ1) is 8.50. The maximum atomic E-state index is 11.2. The number of terminal acetylenes is 1. The van der Waals surface area contributed by atoms with Crippen LogP contribution in [-0.4, -0.2) is 21.2 Å². The fraction of sp³-hybridized carbons (Fsp3) is 0.867. The molecule has 1 saturated carbocycles. The van der Waals surface area contributed by atoms with Crippen molar-refractivity contribution in [1.29, 1.82) is 0 Å². The molecule has 0 saturated heterocycles. The van der Waals surface area contributed by atoms with Gasteiger partial charge in [0.05, 0.1) is 6.26 Å². The van der Waals surface area contributed by atoms with Crippen molar-refractivity contribution < 1.29 is 8.42 Å². The molecular formula is C15H27NO2S. The zero-order valence-corrected chi connectivity index (χ0v) is 13.6. The lowest BCUT2D eigenvalue weighted by Gasteiger charge is -2.45. The van der Waals surface area contributed by atoms with Crippen LogP contribution in [0.15, 0.2) is 0 Å². The first-order valence-electron chi connectivity index (χ1n) is 6.92. The smallest absolute Gasteiger partial charge is 0.208 e. The molecule has 3 nitrogen and oxygen atoms in total. The van der Waals surface area contributed by atoms with Crippen molar-refractivity contribution in [3.63, 3.8) is 0 Å². The van der Waals surface area contributed by atoms with Crippen LogP contribution < -0.4 is 4.72 Å². The molecule has 0 aromatic heterocycles. The number of rotatable bonds is 4. The van der Waals surface area contributed by atoms with Crippen LogP contribution in [0.4, 0.5) is 0 Å². The fourth-order valence-corrected chi connectivity index (χ4v) is 3.55. The van der Waals surface area contributed by atoms with Crippen LogP contribution in [0.5, 0.6) is 0 Å². The van der Waals surface area contributed by atoms with E-state index in [2.05, 4.69) is 38.3 Å². The minimum Gasteiger partial charge on any atom is -0.215 e. The standard InChI is InChI=1S/C15H27NO2S/c1-7-15(5)9-8-13(10-12(15)2)14(3,4)11-16-19(6,17)18/h1,12-13,16H,8-11H2,2-6H3/t12-,13?,15?/m1/s1. The summed E-state index contributed by atoms with van der Waals surface area (Å²) in [5.74, 6) is 3.94. The number of hydrogen-bond acceptors (Lipinski definition) is 2. The van der Waals surface area contributed by atoms with Crippen LogP contribution in [0.1, 0.15) is 47.0 Å². The van der Waals surface area contributed by atoms with Gasteiger partial charge in [0.1, 0.15) is 0 Å². The molecule has 1 aliphatic carbocycles. The van der Waals surface area contributed by atoms with Gasteiger partial charge >= 0.3 is 0 Å². The Kier molecular flexibility index (Phi) is 4.75. The minimum absolute atomic E-state index is 0.00313. The van der Waals surface area contributed by atoms with E-state index in [4.69, 9.17) is 6.42 Å². The van der Waals surface area contributed by atoms with E-state index in [1.54, 1.807) is 0 Å². The van der Waals surface area contributed by atoms with Crippen LogP contribution in [0, 0.1) is 35.0 Å². The predicted molar refractivity (Wildman–Crippen MR) is 80.1 cm³/mol. The molecule has 0 radical (unpaired) electrons. The molecule has 2 unspecified atom stereocenters. The average Bonchev–Trinajstić information content (AvgIpc) is 2.29. The first-order valence-corrected chi connectivity index (χ1v) is 8.82. The third-order valence-electron chi connectivity index (χ3n) is 4.96. The maximum Gasteiger partial charge on any atom is 0.208 e. The predicted octanol–water partition coefficient (Wildman–Crippen LogP) is 2.64. The fourth-order valence-electron chi connectivity index (χ4n) is 2.91. The van der Waals surface area contributed by atoms with Crippen molar-refractivity contribution in [3.05, 3.63) is 0 Å². The van der Waals surface area contributed by atoms with Gasteiger partial charge < -0.3 is 0 Å². The highest BCUT2D eigenvalue weighted by molar-refractivity contribution is 7.88. The monoisotopic (exact) mass is 285 g/mol. The normalized spacial score (nSPS) is 32.8. The van der Waals surface area contributed by atoms with Crippen LogP contribution >= 0.6 is 0 Å². The Hall–Kier alpha value is -0.530. The van der Waals surface area contributed by atoms with Gasteiger partial charge in [0.2, 0.25) is 10.0 Å². The van der Waals surface area contributed by atoms with Gasteiger partial charge in [-0.2, -0.15) is 0 Å². The highest BCUT2D eigenvalue weighted by atomic mass is 32.2. The molecule has 0 spiro atoms. The third kappa shape index (κ3) is 4.22. The number of nitrogens with one attached hydrogen (secondary N) is 1. The second kappa shape index (κ2) is 5.46. The lowest BCUT2D eigenvalue weighted by atomic mass is 9.60. The summed E-state index contributed by atoms with van der Waals surface area (Å²) in [6.45, 7) is 9.15. The summed E-state index contributed by atoms with van der Waals surface area (Å²) in [5.41, 5.74) is -0.0376. The molecule has 3 atom stereocenters. The van der Waals surface area contributed by atoms with Crippen molar-refractivity contribution in [1.82, 2.24) is 4.72 Å². The minimum atomic E-state index is -3.12. The van der Waals surface area contributed by atoms with Crippen LogP contribution in [0.2, 0.25) is 0 Å². The zero-order valence-electron chi connectivity index (χ0n) is 12.8. The van der Waals surface area contributed by atoms with Crippen molar-refractivity contribution in [2.45, 2.75) is 47.0 Å². The quantitative estimate of drug-likeness (QED) is 0.807. The maximum absolute atomic E-state index is 11.2. The van der Waals surface area contributed by atoms with Gasteiger partial charge in [-0.15, -0.1) is 6.42 Å². The number of sulfonamides is 1. The Morgan fingerprint density at radius 3 is 2.47 bits per heavy atom. The van der Waals surface area contributed by atoms with E-state index in [0.29, 0.717) is 18.4 Å². The van der Waals surface area contributed by atoms with Gasteiger partial charge in [-0.05, 0) is 43.4 Å². The molecule has 0 amide bonds. The molecule has 1 rings (SSSR count). The second-order valence-electron chi connectivity index (χ2n) is 7.02. The van der Waals surface area contributed by atoms with E-state index in [9.17, 15) is 8.42 Å². The van der Waals surface area contributed by atoms with Crippen molar-refractivity contribution in [2.24, 2.45) is 22.7 Å². The SMILES string of the molecule is C#CC1(C)CCC(C(C)(C)CNS(C)(=O)=O)C[C@H]1C. The highest BCUT2D eigenvalue weighted by Gasteiger charge is 2.41. The summed E-state index contributed by atoms with van der Waals surface area (Å²) in [4.78, 5) is 0. The van der Waals surface area contributed by atoms with Crippen molar-refractivity contribution >= 4 is 10.0 Å². The highest BCUT2D eigenvalue weighted by Crippen LogP contribution is 2.48. The van der Waals surface area contributed by atoms with Gasteiger partial charge in [-0.25, -0.2) is 13.1 Å². The first kappa shape index (κ1) is 16.5. The third-order valence-corrected chi connectivity index (χ3v) is 5.63. The summed E-state index contributed by atoms with van der Waals surface area (Å²) >= 11 is 0. The molecule has 0 heterocycles. The lowest BCUT2D eigenvalue weighted by Crippen LogP contribution is -2.42. The van der Waals surface area contributed by atoms with E-state index >= 15 is 0 Å². The van der Waals surface area contributed by atoms with Gasteiger partial charge in [0, 0.05) is 12.0 Å². The molecule has 19 heavy (non-hydrogen) atoms. The van der Waals surface area contributed by atoms with Gasteiger partial charge in [0.15, 0.2) is 0 Å². The molecule has 0 aromatic carbocycles. The molecule has 0 aromatic rings. The van der Waals surface area contributed by atoms with Gasteiger partial charge in [0.25, 0.3) is 0 Å². The lowest BCUT2D eigenvalue weighted by molar-refractivity contribution is 0.0736. The summed E-state index contributed by atoms with van der Waals surface area (Å²) < 4.78 is 25.1. The number of hydrogen-bond donors (Lipinski definition) is 1. The van der Waals surface area contributed by atoms with E-state index in [-0.39, 0.29) is 10.8 Å².